The number of unbranched alkanes of at least 4 members (excludes halogenated alkanes) is 2. The van der Waals surface area contributed by atoms with Crippen LogP contribution in [0.2, 0.25) is 0 Å². The lowest BCUT2D eigenvalue weighted by Gasteiger charge is -2.26. The van der Waals surface area contributed by atoms with Crippen LogP contribution in [0, 0.1) is 5.82 Å². The number of aryl methyl sites for hydroxylation is 2. The van der Waals surface area contributed by atoms with Gasteiger partial charge in [-0.05, 0) is 78.1 Å². The van der Waals surface area contributed by atoms with E-state index in [1.807, 2.05) is 19.1 Å². The molecule has 4 rings (SSSR count). The van der Waals surface area contributed by atoms with E-state index in [4.69, 9.17) is 0 Å². The molecule has 0 radical (unpaired) electrons. The zero-order valence-corrected chi connectivity index (χ0v) is 17.7. The molecule has 0 amide bonds. The first-order valence-corrected chi connectivity index (χ1v) is 11.1. The van der Waals surface area contributed by atoms with Gasteiger partial charge in [0.1, 0.15) is 5.82 Å². The molecule has 150 valence electrons. The van der Waals surface area contributed by atoms with Crippen molar-refractivity contribution in [3.8, 4) is 0 Å². The predicted molar refractivity (Wildman–Crippen MR) is 123 cm³/mol. The van der Waals surface area contributed by atoms with Crippen LogP contribution in [0.4, 0.5) is 4.39 Å². The Hall–Kier alpha value is -2.41. The summed E-state index contributed by atoms with van der Waals surface area (Å²) in [5.41, 5.74) is 6.27. The number of benzene rings is 3. The molecule has 0 heterocycles. The van der Waals surface area contributed by atoms with Crippen LogP contribution >= 0.6 is 0 Å². The fourth-order valence-corrected chi connectivity index (χ4v) is 4.74. The van der Waals surface area contributed by atoms with Crippen molar-refractivity contribution in [2.24, 2.45) is 0 Å². The average Bonchev–Trinajstić information content (AvgIpc) is 2.74. The lowest BCUT2D eigenvalue weighted by Crippen LogP contribution is -2.14. The molecular weight excluding hydrogens is 355 g/mol. The van der Waals surface area contributed by atoms with Crippen molar-refractivity contribution in [1.29, 1.82) is 0 Å². The minimum absolute atomic E-state index is 0.0124. The molecule has 0 saturated heterocycles. The second-order valence-corrected chi connectivity index (χ2v) is 8.45. The van der Waals surface area contributed by atoms with Crippen LogP contribution in [0.3, 0.4) is 0 Å². The van der Waals surface area contributed by atoms with Crippen molar-refractivity contribution < 1.29 is 4.39 Å². The highest BCUT2D eigenvalue weighted by Crippen LogP contribution is 2.36. The number of fused-ring (bicyclic) bond motifs is 2. The van der Waals surface area contributed by atoms with Crippen molar-refractivity contribution in [2.45, 2.75) is 64.7 Å². The highest BCUT2D eigenvalue weighted by Gasteiger charge is 2.23. The number of allylic oxidation sites excluding steroid dienone is 1. The molecule has 1 unspecified atom stereocenters. The van der Waals surface area contributed by atoms with Gasteiger partial charge in [0.2, 0.25) is 0 Å². The van der Waals surface area contributed by atoms with Gasteiger partial charge in [0.15, 0.2) is 0 Å². The zero-order chi connectivity index (χ0) is 20.2. The van der Waals surface area contributed by atoms with Gasteiger partial charge in [-0.2, -0.15) is 0 Å². The molecule has 1 aliphatic rings. The second kappa shape index (κ2) is 8.95. The van der Waals surface area contributed by atoms with E-state index in [0.29, 0.717) is 0 Å². The van der Waals surface area contributed by atoms with Gasteiger partial charge < -0.3 is 0 Å². The van der Waals surface area contributed by atoms with Crippen LogP contribution in [-0.4, -0.2) is 0 Å². The third-order valence-electron chi connectivity index (χ3n) is 6.38. The van der Waals surface area contributed by atoms with Crippen molar-refractivity contribution in [2.75, 3.05) is 0 Å². The molecule has 0 nitrogen and oxygen atoms in total. The van der Waals surface area contributed by atoms with Crippen molar-refractivity contribution >= 4 is 16.8 Å². The van der Waals surface area contributed by atoms with Crippen LogP contribution < -0.4 is 0 Å². The van der Waals surface area contributed by atoms with E-state index >= 15 is 4.39 Å². The lowest BCUT2D eigenvalue weighted by atomic mass is 9.79. The van der Waals surface area contributed by atoms with E-state index in [1.54, 1.807) is 0 Å². The molecule has 0 saturated carbocycles. The van der Waals surface area contributed by atoms with E-state index in [1.165, 1.54) is 41.5 Å². The smallest absolute Gasteiger partial charge is 0.134 e. The molecule has 0 spiro atoms. The summed E-state index contributed by atoms with van der Waals surface area (Å²) in [5.74, 6) is 0.255. The van der Waals surface area contributed by atoms with Gasteiger partial charge in [0, 0.05) is 5.39 Å². The summed E-state index contributed by atoms with van der Waals surface area (Å²) in [5, 5.41) is 1.81. The third kappa shape index (κ3) is 4.29. The van der Waals surface area contributed by atoms with Crippen LogP contribution in [0.25, 0.3) is 16.8 Å². The monoisotopic (exact) mass is 386 g/mol. The van der Waals surface area contributed by atoms with Crippen molar-refractivity contribution in [3.05, 3.63) is 88.2 Å². The maximum absolute atomic E-state index is 15.4. The molecule has 3 aromatic rings. The van der Waals surface area contributed by atoms with Crippen LogP contribution in [-0.2, 0) is 19.3 Å². The van der Waals surface area contributed by atoms with Gasteiger partial charge in [0.25, 0.3) is 0 Å². The van der Waals surface area contributed by atoms with Crippen LogP contribution in [0.5, 0.6) is 0 Å². The molecule has 1 atom stereocenters. The minimum Gasteiger partial charge on any atom is -0.206 e. The fourth-order valence-electron chi connectivity index (χ4n) is 4.74. The third-order valence-corrected chi connectivity index (χ3v) is 6.38. The summed E-state index contributed by atoms with van der Waals surface area (Å²) in [7, 11) is 0. The molecule has 1 heteroatoms. The molecule has 0 fully saturated rings. The first-order chi connectivity index (χ1) is 14.2. The summed E-state index contributed by atoms with van der Waals surface area (Å²) in [6.45, 7) is 4.27. The summed E-state index contributed by atoms with van der Waals surface area (Å²) < 4.78 is 15.4. The van der Waals surface area contributed by atoms with Crippen molar-refractivity contribution in [3.63, 3.8) is 0 Å². The van der Waals surface area contributed by atoms with Gasteiger partial charge in [-0.25, -0.2) is 4.39 Å². The minimum atomic E-state index is -0.0124. The molecule has 29 heavy (non-hydrogen) atoms. The van der Waals surface area contributed by atoms with E-state index in [0.717, 1.165) is 42.0 Å². The lowest BCUT2D eigenvalue weighted by molar-refractivity contribution is 0.539. The number of rotatable bonds is 6. The van der Waals surface area contributed by atoms with Gasteiger partial charge in [0.05, 0.1) is 0 Å². The van der Waals surface area contributed by atoms with E-state index in [9.17, 15) is 0 Å². The molecule has 1 aliphatic carbocycles. The van der Waals surface area contributed by atoms with Gasteiger partial charge in [-0.3, -0.25) is 0 Å². The van der Waals surface area contributed by atoms with Gasteiger partial charge in [-0.15, -0.1) is 0 Å². The highest BCUT2D eigenvalue weighted by atomic mass is 19.1. The summed E-state index contributed by atoms with van der Waals surface area (Å²) in [6.07, 6.45) is 12.0. The van der Waals surface area contributed by atoms with E-state index in [2.05, 4.69) is 55.5 Å². The Kier molecular flexibility index (Phi) is 6.13. The predicted octanol–water partition coefficient (Wildman–Crippen LogP) is 8.02. The quantitative estimate of drug-likeness (QED) is 0.376. The zero-order valence-electron chi connectivity index (χ0n) is 17.7. The Balaban J connectivity index is 1.58. The Morgan fingerprint density at radius 2 is 1.90 bits per heavy atom. The average molecular weight is 387 g/mol. The Morgan fingerprint density at radius 3 is 2.72 bits per heavy atom. The maximum atomic E-state index is 15.4. The van der Waals surface area contributed by atoms with Gasteiger partial charge in [-0.1, -0.05) is 80.4 Å². The number of hydrogen-bond acceptors (Lipinski definition) is 0. The summed E-state index contributed by atoms with van der Waals surface area (Å²) >= 11 is 0. The standard InChI is InChI=1S/C28H31F/c1-3-5-6-8-21-10-15-26-24(18-21)14-16-27(28(26)29)25-13-12-22-17-20(7-4-2)9-11-23(22)19-25/h4,7,9-11,14-18,25H,3,5-6,8,12-13,19H2,1-2H3/b7-4+. The molecule has 0 aromatic heterocycles. The van der Waals surface area contributed by atoms with E-state index < -0.39 is 0 Å². The van der Waals surface area contributed by atoms with E-state index in [-0.39, 0.29) is 11.7 Å². The normalized spacial score (nSPS) is 16.4. The first kappa shape index (κ1) is 19.9. The Labute approximate surface area is 174 Å². The van der Waals surface area contributed by atoms with Crippen LogP contribution in [0.1, 0.15) is 73.3 Å². The SMILES string of the molecule is C/C=C/c1ccc2c(c1)CCC(c1ccc3cc(CCCCC)ccc3c1F)C2. The molecule has 3 aromatic carbocycles. The fraction of sp³-hybridized carbons (Fsp3) is 0.357. The topological polar surface area (TPSA) is 0 Å². The largest absolute Gasteiger partial charge is 0.206 e. The van der Waals surface area contributed by atoms with Crippen LogP contribution in [0.15, 0.2) is 54.6 Å². The number of hydrogen-bond donors (Lipinski definition) is 0. The maximum Gasteiger partial charge on any atom is 0.134 e. The first-order valence-electron chi connectivity index (χ1n) is 11.1. The number of halogens is 1. The molecule has 0 aliphatic heterocycles. The highest BCUT2D eigenvalue weighted by molar-refractivity contribution is 5.84. The second-order valence-electron chi connectivity index (χ2n) is 8.45. The Bertz CT molecular complexity index is 1030. The van der Waals surface area contributed by atoms with Crippen molar-refractivity contribution in [1.82, 2.24) is 0 Å². The molecular formula is C28H31F. The summed E-state index contributed by atoms with van der Waals surface area (Å²) in [6, 6.07) is 17.2. The van der Waals surface area contributed by atoms with Gasteiger partial charge >= 0.3 is 0 Å². The molecule has 0 bridgehead atoms. The Morgan fingerprint density at radius 1 is 1.00 bits per heavy atom. The molecule has 0 N–H and O–H groups in total. The summed E-state index contributed by atoms with van der Waals surface area (Å²) in [4.78, 5) is 0.